The van der Waals surface area contributed by atoms with Gasteiger partial charge in [0, 0.05) is 44.5 Å². The molecule has 1 unspecified atom stereocenters. The van der Waals surface area contributed by atoms with Crippen molar-refractivity contribution in [3.63, 3.8) is 0 Å². The second-order valence-electron chi connectivity index (χ2n) is 6.90. The number of hydrogen-bond donors (Lipinski definition) is 2. The highest BCUT2D eigenvalue weighted by Gasteiger charge is 2.45. The molecular weight excluding hydrogens is 317 g/mol. The van der Waals surface area contributed by atoms with Crippen LogP contribution in [0.15, 0.2) is 47.7 Å². The Hall–Kier alpha value is -2.37. The summed E-state index contributed by atoms with van der Waals surface area (Å²) in [7, 11) is 1.76. The van der Waals surface area contributed by atoms with Gasteiger partial charge in [0.1, 0.15) is 5.82 Å². The van der Waals surface area contributed by atoms with E-state index in [1.54, 1.807) is 25.4 Å². The minimum Gasteiger partial charge on any atom is -0.356 e. The van der Waals surface area contributed by atoms with Crippen molar-refractivity contribution in [3.05, 3.63) is 54.1 Å². The summed E-state index contributed by atoms with van der Waals surface area (Å²) in [5.41, 5.74) is 0.717. The van der Waals surface area contributed by atoms with Crippen LogP contribution in [0.2, 0.25) is 0 Å². The molecule has 1 aromatic heterocycles. The molecule has 1 saturated carbocycles. The Kier molecular flexibility index (Phi) is 5.36. The molecule has 1 aliphatic carbocycles. The highest BCUT2D eigenvalue weighted by atomic mass is 19.1. The smallest absolute Gasteiger partial charge is 0.191 e. The SMILES string of the molecule is CN=C(NCC(C)Cn1cccn1)NCC1(c2ccccc2F)CC1. The lowest BCUT2D eigenvalue weighted by Crippen LogP contribution is -2.43. The predicted octanol–water partition coefficient (Wildman–Crippen LogP) is 2.56. The number of hydrogen-bond acceptors (Lipinski definition) is 2. The largest absolute Gasteiger partial charge is 0.356 e. The number of benzene rings is 1. The van der Waals surface area contributed by atoms with Crippen molar-refractivity contribution in [1.82, 2.24) is 20.4 Å². The molecule has 0 aliphatic heterocycles. The summed E-state index contributed by atoms with van der Waals surface area (Å²) in [6.07, 6.45) is 5.77. The summed E-state index contributed by atoms with van der Waals surface area (Å²) in [6.45, 7) is 4.52. The van der Waals surface area contributed by atoms with Gasteiger partial charge in [0.05, 0.1) is 0 Å². The van der Waals surface area contributed by atoms with Gasteiger partial charge in [-0.15, -0.1) is 0 Å². The Morgan fingerprint density at radius 2 is 2.12 bits per heavy atom. The van der Waals surface area contributed by atoms with Gasteiger partial charge in [0.25, 0.3) is 0 Å². The molecular formula is C19H26FN5. The van der Waals surface area contributed by atoms with Crippen LogP contribution >= 0.6 is 0 Å². The third-order valence-electron chi connectivity index (χ3n) is 4.79. The van der Waals surface area contributed by atoms with E-state index in [-0.39, 0.29) is 11.2 Å². The summed E-state index contributed by atoms with van der Waals surface area (Å²) >= 11 is 0. The maximum Gasteiger partial charge on any atom is 0.191 e. The van der Waals surface area contributed by atoms with E-state index in [2.05, 4.69) is 27.6 Å². The van der Waals surface area contributed by atoms with Crippen molar-refractivity contribution >= 4 is 5.96 Å². The first-order chi connectivity index (χ1) is 12.1. The van der Waals surface area contributed by atoms with Crippen LogP contribution in [-0.2, 0) is 12.0 Å². The molecule has 1 fully saturated rings. The molecule has 0 amide bonds. The maximum atomic E-state index is 14.1. The van der Waals surface area contributed by atoms with Crippen LogP contribution < -0.4 is 10.6 Å². The van der Waals surface area contributed by atoms with E-state index in [1.165, 1.54) is 0 Å². The summed E-state index contributed by atoms with van der Waals surface area (Å²) in [5.74, 6) is 1.06. The summed E-state index contributed by atoms with van der Waals surface area (Å²) in [5, 5.41) is 10.9. The number of halogens is 1. The number of guanidine groups is 1. The molecule has 1 atom stereocenters. The molecule has 6 heteroatoms. The second kappa shape index (κ2) is 7.68. The van der Waals surface area contributed by atoms with Crippen LogP contribution in [0.5, 0.6) is 0 Å². The van der Waals surface area contributed by atoms with Gasteiger partial charge in [0.15, 0.2) is 5.96 Å². The van der Waals surface area contributed by atoms with Gasteiger partial charge in [-0.3, -0.25) is 9.67 Å². The van der Waals surface area contributed by atoms with Crippen molar-refractivity contribution < 1.29 is 4.39 Å². The zero-order chi connectivity index (χ0) is 17.7. The lowest BCUT2D eigenvalue weighted by molar-refractivity contribution is 0.442. The van der Waals surface area contributed by atoms with E-state index in [0.29, 0.717) is 12.5 Å². The predicted molar refractivity (Wildman–Crippen MR) is 98.1 cm³/mol. The van der Waals surface area contributed by atoms with Gasteiger partial charge in [-0.1, -0.05) is 25.1 Å². The molecule has 25 heavy (non-hydrogen) atoms. The minimum absolute atomic E-state index is 0.0936. The highest BCUT2D eigenvalue weighted by Crippen LogP contribution is 2.48. The molecule has 134 valence electrons. The van der Waals surface area contributed by atoms with Crippen LogP contribution in [0.4, 0.5) is 4.39 Å². The Morgan fingerprint density at radius 1 is 1.32 bits per heavy atom. The van der Waals surface area contributed by atoms with Gasteiger partial charge in [-0.2, -0.15) is 5.10 Å². The Balaban J connectivity index is 1.49. The molecule has 0 radical (unpaired) electrons. The third kappa shape index (κ3) is 4.38. The quantitative estimate of drug-likeness (QED) is 0.600. The van der Waals surface area contributed by atoms with Crippen LogP contribution in [0.25, 0.3) is 0 Å². The van der Waals surface area contributed by atoms with Crippen LogP contribution in [0.3, 0.4) is 0 Å². The number of nitrogens with zero attached hydrogens (tertiary/aromatic N) is 3. The van der Waals surface area contributed by atoms with Crippen molar-refractivity contribution in [1.29, 1.82) is 0 Å². The molecule has 3 rings (SSSR count). The molecule has 2 aromatic rings. The topological polar surface area (TPSA) is 54.2 Å². The van der Waals surface area contributed by atoms with Crippen LogP contribution in [0.1, 0.15) is 25.3 Å². The fourth-order valence-electron chi connectivity index (χ4n) is 3.12. The number of rotatable bonds is 7. The highest BCUT2D eigenvalue weighted by molar-refractivity contribution is 5.79. The first kappa shape index (κ1) is 17.5. The van der Waals surface area contributed by atoms with Crippen LogP contribution in [-0.4, -0.2) is 35.9 Å². The van der Waals surface area contributed by atoms with Crippen molar-refractivity contribution in [2.75, 3.05) is 20.1 Å². The van der Waals surface area contributed by atoms with Gasteiger partial charge in [0.2, 0.25) is 0 Å². The van der Waals surface area contributed by atoms with E-state index in [4.69, 9.17) is 0 Å². The van der Waals surface area contributed by atoms with Gasteiger partial charge in [-0.05, 0) is 36.5 Å². The van der Waals surface area contributed by atoms with Gasteiger partial charge in [-0.25, -0.2) is 4.39 Å². The molecule has 0 bridgehead atoms. The lowest BCUT2D eigenvalue weighted by atomic mass is 9.95. The van der Waals surface area contributed by atoms with E-state index < -0.39 is 0 Å². The van der Waals surface area contributed by atoms with Crippen LogP contribution in [0, 0.1) is 11.7 Å². The summed E-state index contributed by atoms with van der Waals surface area (Å²) in [4.78, 5) is 4.28. The number of nitrogens with one attached hydrogen (secondary N) is 2. The first-order valence-corrected chi connectivity index (χ1v) is 8.80. The molecule has 1 heterocycles. The van der Waals surface area contributed by atoms with E-state index in [0.717, 1.165) is 37.5 Å². The Labute approximate surface area is 148 Å². The summed E-state index contributed by atoms with van der Waals surface area (Å²) < 4.78 is 16.0. The van der Waals surface area contributed by atoms with Gasteiger partial charge < -0.3 is 10.6 Å². The standard InChI is InChI=1S/C19H26FN5/c1-15(13-25-11-5-10-24-25)12-22-18(21-2)23-14-19(8-9-19)16-6-3-4-7-17(16)20/h3-7,10-11,15H,8-9,12-14H2,1-2H3,(H2,21,22,23). The molecule has 5 nitrogen and oxygen atoms in total. The number of aliphatic imine (C=N–C) groups is 1. The Morgan fingerprint density at radius 3 is 2.76 bits per heavy atom. The maximum absolute atomic E-state index is 14.1. The molecule has 2 N–H and O–H groups in total. The van der Waals surface area contributed by atoms with E-state index in [1.807, 2.05) is 29.1 Å². The third-order valence-corrected chi connectivity index (χ3v) is 4.79. The molecule has 0 spiro atoms. The van der Waals surface area contributed by atoms with Crippen molar-refractivity contribution in [3.8, 4) is 0 Å². The number of aromatic nitrogens is 2. The van der Waals surface area contributed by atoms with E-state index in [9.17, 15) is 4.39 Å². The first-order valence-electron chi connectivity index (χ1n) is 8.80. The molecule has 0 saturated heterocycles. The average Bonchev–Trinajstić information content (AvgIpc) is 3.22. The minimum atomic E-state index is -0.113. The van der Waals surface area contributed by atoms with Gasteiger partial charge >= 0.3 is 0 Å². The zero-order valence-corrected chi connectivity index (χ0v) is 14.9. The van der Waals surface area contributed by atoms with Crippen molar-refractivity contribution in [2.24, 2.45) is 10.9 Å². The van der Waals surface area contributed by atoms with Crippen molar-refractivity contribution in [2.45, 2.75) is 31.7 Å². The summed E-state index contributed by atoms with van der Waals surface area (Å²) in [6, 6.07) is 9.01. The normalized spacial score (nSPS) is 17.2. The zero-order valence-electron chi connectivity index (χ0n) is 14.9. The molecule has 1 aliphatic rings. The fraction of sp³-hybridized carbons (Fsp3) is 0.474. The monoisotopic (exact) mass is 343 g/mol. The fourth-order valence-corrected chi connectivity index (χ4v) is 3.12. The second-order valence-corrected chi connectivity index (χ2v) is 6.90. The molecule has 1 aromatic carbocycles. The lowest BCUT2D eigenvalue weighted by Gasteiger charge is -2.20. The average molecular weight is 343 g/mol. The van der Waals surface area contributed by atoms with E-state index >= 15 is 0 Å². The Bertz CT molecular complexity index is 706.